The molecule has 6 heteroatoms. The van der Waals surface area contributed by atoms with Gasteiger partial charge in [0.2, 0.25) is 0 Å². The molecule has 1 aliphatic carbocycles. The summed E-state index contributed by atoms with van der Waals surface area (Å²) < 4.78 is 27.0. The van der Waals surface area contributed by atoms with Crippen LogP contribution in [0.1, 0.15) is 86.3 Å². The summed E-state index contributed by atoms with van der Waals surface area (Å²) in [5.74, 6) is 0.260. The van der Waals surface area contributed by atoms with Crippen molar-refractivity contribution >= 4 is 5.97 Å². The lowest BCUT2D eigenvalue weighted by atomic mass is 9.74. The number of ether oxygens (including phenoxy) is 2. The number of benzene rings is 3. The summed E-state index contributed by atoms with van der Waals surface area (Å²) in [4.78, 5) is 11.1. The first kappa shape index (κ1) is 26.2. The Hall–Kier alpha value is -3.38. The number of aliphatic carboxylic acids is 1. The fourth-order valence-corrected chi connectivity index (χ4v) is 6.17. The number of methoxy groups -OCH3 is 1. The molecule has 0 amide bonds. The van der Waals surface area contributed by atoms with Crippen molar-refractivity contribution in [3.63, 3.8) is 0 Å². The van der Waals surface area contributed by atoms with Crippen molar-refractivity contribution in [3.8, 4) is 22.6 Å². The van der Waals surface area contributed by atoms with Gasteiger partial charge >= 0.3 is 5.97 Å². The lowest BCUT2D eigenvalue weighted by Crippen LogP contribution is -2.19. The van der Waals surface area contributed by atoms with Gasteiger partial charge in [-0.3, -0.25) is 4.79 Å². The molecule has 3 aromatic carbocycles. The quantitative estimate of drug-likeness (QED) is 0.342. The van der Waals surface area contributed by atoms with Crippen LogP contribution in [0.15, 0.2) is 54.6 Å². The predicted molar refractivity (Wildman–Crippen MR) is 144 cm³/mol. The minimum Gasteiger partial charge on any atom is -0.497 e. The average molecular weight is 519 g/mol. The van der Waals surface area contributed by atoms with Crippen LogP contribution >= 0.6 is 0 Å². The molecule has 3 aromatic rings. The fourth-order valence-electron chi connectivity index (χ4n) is 6.17. The molecule has 0 bridgehead atoms. The summed E-state index contributed by atoms with van der Waals surface area (Å²) in [6.07, 6.45) is 3.28. The van der Waals surface area contributed by atoms with Crippen molar-refractivity contribution in [2.24, 2.45) is 5.41 Å². The molecule has 1 heterocycles. The third kappa shape index (κ3) is 5.14. The zero-order valence-electron chi connectivity index (χ0n) is 22.2. The maximum absolute atomic E-state index is 15.1. The monoisotopic (exact) mass is 518 g/mol. The van der Waals surface area contributed by atoms with Crippen LogP contribution in [0.4, 0.5) is 4.39 Å². The van der Waals surface area contributed by atoms with E-state index in [2.05, 4.69) is 19.9 Å². The Morgan fingerprint density at radius 2 is 1.92 bits per heavy atom. The van der Waals surface area contributed by atoms with Crippen LogP contribution in [-0.4, -0.2) is 23.3 Å². The first-order valence-corrected chi connectivity index (χ1v) is 13.3. The number of aliphatic hydroxyl groups excluding tert-OH is 1. The molecule has 1 unspecified atom stereocenters. The summed E-state index contributed by atoms with van der Waals surface area (Å²) in [6, 6.07) is 16.6. The van der Waals surface area contributed by atoms with Crippen molar-refractivity contribution in [1.29, 1.82) is 0 Å². The van der Waals surface area contributed by atoms with E-state index in [1.54, 1.807) is 31.4 Å². The Morgan fingerprint density at radius 3 is 2.63 bits per heavy atom. The molecular formula is C32H35FO5. The highest BCUT2D eigenvalue weighted by Gasteiger charge is 2.37. The molecule has 1 saturated carbocycles. The molecule has 0 radical (unpaired) electrons. The van der Waals surface area contributed by atoms with E-state index in [0.717, 1.165) is 54.4 Å². The average Bonchev–Trinajstić information content (AvgIpc) is 3.26. The van der Waals surface area contributed by atoms with Crippen LogP contribution in [0, 0.1) is 11.2 Å². The van der Waals surface area contributed by atoms with Crippen molar-refractivity contribution < 1.29 is 28.9 Å². The van der Waals surface area contributed by atoms with Gasteiger partial charge in [-0.2, -0.15) is 0 Å². The van der Waals surface area contributed by atoms with E-state index in [1.165, 1.54) is 6.07 Å². The number of fused-ring (bicyclic) bond motifs is 1. The van der Waals surface area contributed by atoms with Crippen LogP contribution < -0.4 is 9.47 Å². The lowest BCUT2D eigenvalue weighted by molar-refractivity contribution is -0.139. The van der Waals surface area contributed by atoms with Gasteiger partial charge in [0.25, 0.3) is 0 Å². The van der Waals surface area contributed by atoms with Crippen molar-refractivity contribution in [3.05, 3.63) is 82.7 Å². The minimum atomic E-state index is -1.09. The summed E-state index contributed by atoms with van der Waals surface area (Å²) in [6.45, 7) is 4.58. The maximum atomic E-state index is 15.1. The molecular weight excluding hydrogens is 483 g/mol. The second-order valence-electron chi connectivity index (χ2n) is 11.3. The number of hydrogen-bond donors (Lipinski definition) is 2. The number of aliphatic hydroxyl groups is 1. The molecule has 2 aliphatic rings. The van der Waals surface area contributed by atoms with Crippen LogP contribution in [0.2, 0.25) is 0 Å². The lowest BCUT2D eigenvalue weighted by Gasteiger charge is -2.32. The first-order chi connectivity index (χ1) is 18.2. The third-order valence-corrected chi connectivity index (χ3v) is 8.33. The number of halogens is 1. The van der Waals surface area contributed by atoms with Gasteiger partial charge in [0.15, 0.2) is 0 Å². The van der Waals surface area contributed by atoms with Crippen LogP contribution in [0.25, 0.3) is 11.1 Å². The predicted octanol–water partition coefficient (Wildman–Crippen LogP) is 7.37. The van der Waals surface area contributed by atoms with Gasteiger partial charge in [0.1, 0.15) is 23.4 Å². The second kappa shape index (κ2) is 10.4. The van der Waals surface area contributed by atoms with E-state index in [-0.39, 0.29) is 29.7 Å². The first-order valence-electron chi connectivity index (χ1n) is 13.3. The third-order valence-electron chi connectivity index (χ3n) is 8.33. The van der Waals surface area contributed by atoms with E-state index >= 15 is 4.39 Å². The molecule has 3 atom stereocenters. The molecule has 0 spiro atoms. The van der Waals surface area contributed by atoms with Gasteiger partial charge in [-0.25, -0.2) is 4.39 Å². The normalized spacial score (nSPS) is 20.9. The molecule has 0 saturated heterocycles. The number of aryl methyl sites for hydroxylation is 1. The SMILES string of the molecule is COc1ccc(F)c(-c2ccc(C3CCc4ccc([C@H](O)CC(=O)O)cc4O3)cc2[C@@H]2CCCC2(C)C)c1. The van der Waals surface area contributed by atoms with Gasteiger partial charge < -0.3 is 19.7 Å². The topological polar surface area (TPSA) is 76.0 Å². The molecule has 5 nitrogen and oxygen atoms in total. The van der Waals surface area contributed by atoms with Gasteiger partial charge in [-0.1, -0.05) is 50.6 Å². The van der Waals surface area contributed by atoms with Crippen molar-refractivity contribution in [1.82, 2.24) is 0 Å². The zero-order chi connectivity index (χ0) is 27.0. The maximum Gasteiger partial charge on any atom is 0.306 e. The number of rotatable bonds is 7. The Balaban J connectivity index is 1.52. The zero-order valence-corrected chi connectivity index (χ0v) is 22.2. The number of hydrogen-bond acceptors (Lipinski definition) is 4. The van der Waals surface area contributed by atoms with Gasteiger partial charge in [0.05, 0.1) is 19.6 Å². The Bertz CT molecular complexity index is 1350. The largest absolute Gasteiger partial charge is 0.497 e. The number of carbonyl (C=O) groups is 1. The van der Waals surface area contributed by atoms with E-state index in [9.17, 15) is 9.90 Å². The number of carboxylic acids is 1. The molecule has 0 aromatic heterocycles. The molecule has 38 heavy (non-hydrogen) atoms. The van der Waals surface area contributed by atoms with Crippen molar-refractivity contribution in [2.75, 3.05) is 7.11 Å². The molecule has 1 fully saturated rings. The Labute approximate surface area is 223 Å². The molecule has 2 N–H and O–H groups in total. The van der Waals surface area contributed by atoms with Crippen LogP contribution in [0.5, 0.6) is 11.5 Å². The molecule has 200 valence electrons. The summed E-state index contributed by atoms with van der Waals surface area (Å²) >= 11 is 0. The second-order valence-corrected chi connectivity index (χ2v) is 11.3. The highest BCUT2D eigenvalue weighted by Crippen LogP contribution is 2.52. The van der Waals surface area contributed by atoms with E-state index < -0.39 is 12.1 Å². The standard InChI is InChI=1S/C32H35FO5/c1-32(2)14-4-5-26(32)24-15-21(8-11-23(24)25-17-22(37-3)10-12-27(25)33)29-13-9-19-6-7-20(16-30(19)38-29)28(34)18-31(35)36/h6-8,10-12,15-17,26,28-29,34H,4-5,9,13-14,18H2,1-3H3,(H,35,36)/t26-,28+,29?/m0/s1. The molecule has 1 aliphatic heterocycles. The van der Waals surface area contributed by atoms with Gasteiger partial charge in [-0.05, 0) is 89.1 Å². The summed E-state index contributed by atoms with van der Waals surface area (Å²) in [5.41, 5.74) is 5.27. The van der Waals surface area contributed by atoms with Crippen LogP contribution in [0.3, 0.4) is 0 Å². The fraction of sp³-hybridized carbons (Fsp3) is 0.406. The highest BCUT2D eigenvalue weighted by molar-refractivity contribution is 5.71. The highest BCUT2D eigenvalue weighted by atomic mass is 19.1. The summed E-state index contributed by atoms with van der Waals surface area (Å²) in [7, 11) is 1.59. The van der Waals surface area contributed by atoms with Gasteiger partial charge in [0, 0.05) is 5.56 Å². The van der Waals surface area contributed by atoms with E-state index in [1.807, 2.05) is 18.2 Å². The minimum absolute atomic E-state index is 0.0952. The Morgan fingerprint density at radius 1 is 1.11 bits per heavy atom. The Kier molecular flexibility index (Phi) is 7.19. The summed E-state index contributed by atoms with van der Waals surface area (Å²) in [5, 5.41) is 19.4. The molecule has 5 rings (SSSR count). The van der Waals surface area contributed by atoms with Gasteiger partial charge in [-0.15, -0.1) is 0 Å². The smallest absolute Gasteiger partial charge is 0.306 e. The number of carboxylic acid groups (broad SMARTS) is 1. The van der Waals surface area contributed by atoms with Crippen molar-refractivity contribution in [2.45, 2.75) is 70.5 Å². The van der Waals surface area contributed by atoms with E-state index in [4.69, 9.17) is 14.6 Å². The van der Waals surface area contributed by atoms with Crippen LogP contribution in [-0.2, 0) is 11.2 Å². The van der Waals surface area contributed by atoms with E-state index in [0.29, 0.717) is 22.6 Å².